The second-order valence-corrected chi connectivity index (χ2v) is 16.0. The van der Waals surface area contributed by atoms with E-state index in [1.165, 1.54) is 4.90 Å². The standard InChI is InChI=1S/C29H40N2O5Si/c1-21(23-15-11-8-12-16-23)30-26(32)18-25(36-37(5,6)29(2,3)4)19-27(33)31-24(20-35-28(31)34)17-22-13-9-7-10-14-22/h7-16,21,24-25H,17-20H2,1-6H3,(H,30,32)/t21-,24-,25-/m0/s1. The van der Waals surface area contributed by atoms with Crippen molar-refractivity contribution in [2.45, 2.75) is 83.3 Å². The lowest BCUT2D eigenvalue weighted by Crippen LogP contribution is -2.48. The summed E-state index contributed by atoms with van der Waals surface area (Å²) >= 11 is 0. The fourth-order valence-corrected chi connectivity index (χ4v) is 5.53. The van der Waals surface area contributed by atoms with E-state index in [1.54, 1.807) is 0 Å². The van der Waals surface area contributed by atoms with Crippen LogP contribution in [0.5, 0.6) is 0 Å². The lowest BCUT2D eigenvalue weighted by molar-refractivity contribution is -0.131. The number of hydrogen-bond donors (Lipinski definition) is 1. The summed E-state index contributed by atoms with van der Waals surface area (Å²) in [4.78, 5) is 40.3. The Labute approximate surface area is 221 Å². The minimum absolute atomic E-state index is 0.0294. The molecule has 0 saturated carbocycles. The van der Waals surface area contributed by atoms with Crippen LogP contribution in [0.1, 0.15) is 57.7 Å². The molecule has 37 heavy (non-hydrogen) atoms. The van der Waals surface area contributed by atoms with Gasteiger partial charge >= 0.3 is 6.09 Å². The summed E-state index contributed by atoms with van der Waals surface area (Å²) in [5, 5.41) is 2.92. The Hall–Kier alpha value is -2.97. The van der Waals surface area contributed by atoms with Crippen LogP contribution in [-0.2, 0) is 25.2 Å². The molecule has 0 unspecified atom stereocenters. The first-order valence-electron chi connectivity index (χ1n) is 12.9. The predicted molar refractivity (Wildman–Crippen MR) is 146 cm³/mol. The Bertz CT molecular complexity index is 1070. The van der Waals surface area contributed by atoms with Gasteiger partial charge in [-0.05, 0) is 42.6 Å². The molecule has 0 aromatic heterocycles. The zero-order chi connectivity index (χ0) is 27.2. The zero-order valence-electron chi connectivity index (χ0n) is 22.8. The van der Waals surface area contributed by atoms with Gasteiger partial charge in [0.25, 0.3) is 0 Å². The van der Waals surface area contributed by atoms with Crippen molar-refractivity contribution >= 4 is 26.2 Å². The molecule has 0 aliphatic carbocycles. The van der Waals surface area contributed by atoms with E-state index >= 15 is 0 Å². The van der Waals surface area contributed by atoms with Crippen molar-refractivity contribution in [1.29, 1.82) is 0 Å². The van der Waals surface area contributed by atoms with Crippen LogP contribution in [-0.4, -0.2) is 49.9 Å². The molecular formula is C29H40N2O5Si. The van der Waals surface area contributed by atoms with E-state index in [2.05, 4.69) is 39.2 Å². The third kappa shape index (κ3) is 7.76. The predicted octanol–water partition coefficient (Wildman–Crippen LogP) is 5.62. The number of ether oxygens (including phenoxy) is 1. The molecule has 0 radical (unpaired) electrons. The number of amides is 3. The summed E-state index contributed by atoms with van der Waals surface area (Å²) in [6.07, 6.45) is -0.815. The highest BCUT2D eigenvalue weighted by molar-refractivity contribution is 6.74. The Balaban J connectivity index is 1.74. The van der Waals surface area contributed by atoms with Crippen LogP contribution in [0.15, 0.2) is 60.7 Å². The number of hydrogen-bond acceptors (Lipinski definition) is 5. The van der Waals surface area contributed by atoms with Crippen LogP contribution in [0.25, 0.3) is 0 Å². The number of cyclic esters (lactones) is 1. The maximum absolute atomic E-state index is 13.5. The first kappa shape index (κ1) is 28.6. The van der Waals surface area contributed by atoms with Crippen molar-refractivity contribution in [3.8, 4) is 0 Å². The third-order valence-electron chi connectivity index (χ3n) is 7.30. The first-order valence-corrected chi connectivity index (χ1v) is 15.8. The van der Waals surface area contributed by atoms with Crippen LogP contribution in [0.4, 0.5) is 4.79 Å². The molecular weight excluding hydrogens is 484 g/mol. The second-order valence-electron chi connectivity index (χ2n) is 11.3. The molecule has 3 atom stereocenters. The number of rotatable bonds is 10. The number of nitrogens with zero attached hydrogens (tertiary/aromatic N) is 1. The quantitative estimate of drug-likeness (QED) is 0.408. The van der Waals surface area contributed by atoms with Crippen molar-refractivity contribution in [2.24, 2.45) is 0 Å². The Morgan fingerprint density at radius 2 is 1.65 bits per heavy atom. The number of nitrogens with one attached hydrogen (secondary N) is 1. The van der Waals surface area contributed by atoms with E-state index < -0.39 is 20.5 Å². The molecule has 1 aliphatic heterocycles. The molecule has 1 heterocycles. The van der Waals surface area contributed by atoms with Gasteiger partial charge in [0, 0.05) is 0 Å². The molecule has 1 fully saturated rings. The summed E-state index contributed by atoms with van der Waals surface area (Å²) in [6, 6.07) is 18.9. The summed E-state index contributed by atoms with van der Waals surface area (Å²) in [5.41, 5.74) is 2.02. The highest BCUT2D eigenvalue weighted by Crippen LogP contribution is 2.38. The van der Waals surface area contributed by atoms with E-state index in [4.69, 9.17) is 9.16 Å². The maximum atomic E-state index is 13.5. The number of carbonyl (C=O) groups is 3. The highest BCUT2D eigenvalue weighted by Gasteiger charge is 2.42. The average molecular weight is 525 g/mol. The third-order valence-corrected chi connectivity index (χ3v) is 11.8. The molecule has 0 bridgehead atoms. The van der Waals surface area contributed by atoms with E-state index in [9.17, 15) is 14.4 Å². The zero-order valence-corrected chi connectivity index (χ0v) is 23.8. The molecule has 7 nitrogen and oxygen atoms in total. The summed E-state index contributed by atoms with van der Waals surface area (Å²) in [6.45, 7) is 12.6. The monoisotopic (exact) mass is 524 g/mol. The molecule has 8 heteroatoms. The lowest BCUT2D eigenvalue weighted by atomic mass is 10.0. The van der Waals surface area contributed by atoms with Gasteiger partial charge in [-0.2, -0.15) is 0 Å². The fourth-order valence-electron chi connectivity index (χ4n) is 4.18. The minimum atomic E-state index is -2.31. The van der Waals surface area contributed by atoms with Gasteiger partial charge in [0.15, 0.2) is 8.32 Å². The minimum Gasteiger partial charge on any atom is -0.447 e. The van der Waals surface area contributed by atoms with Crippen molar-refractivity contribution in [3.63, 3.8) is 0 Å². The van der Waals surface area contributed by atoms with Crippen molar-refractivity contribution < 1.29 is 23.5 Å². The topological polar surface area (TPSA) is 84.9 Å². The van der Waals surface area contributed by atoms with Gasteiger partial charge < -0.3 is 14.5 Å². The van der Waals surface area contributed by atoms with Crippen molar-refractivity contribution in [2.75, 3.05) is 6.61 Å². The molecule has 3 amide bonds. The first-order chi connectivity index (χ1) is 17.4. The molecule has 3 rings (SSSR count). The van der Waals surface area contributed by atoms with Crippen molar-refractivity contribution in [3.05, 3.63) is 71.8 Å². The van der Waals surface area contributed by atoms with Gasteiger partial charge in [0.05, 0.1) is 31.0 Å². The van der Waals surface area contributed by atoms with Crippen molar-refractivity contribution in [1.82, 2.24) is 10.2 Å². The summed E-state index contributed by atoms with van der Waals surface area (Å²) in [5.74, 6) is -0.575. The van der Waals surface area contributed by atoms with E-state index in [1.807, 2.05) is 67.6 Å². The van der Waals surface area contributed by atoms with Crippen LogP contribution < -0.4 is 5.32 Å². The highest BCUT2D eigenvalue weighted by atomic mass is 28.4. The number of benzene rings is 2. The molecule has 2 aromatic carbocycles. The Morgan fingerprint density at radius 1 is 1.05 bits per heavy atom. The molecule has 2 aromatic rings. The normalized spacial score (nSPS) is 17.7. The van der Waals surface area contributed by atoms with Gasteiger partial charge in [-0.3, -0.25) is 9.59 Å². The second kappa shape index (κ2) is 12.0. The SMILES string of the molecule is C[C@H](NC(=O)C[C@@H](CC(=O)N1C(=O)OC[C@@H]1Cc1ccccc1)O[Si](C)(C)C(C)(C)C)c1ccccc1. The van der Waals surface area contributed by atoms with Gasteiger partial charge in [-0.25, -0.2) is 9.69 Å². The molecule has 1 N–H and O–H groups in total. The largest absolute Gasteiger partial charge is 0.447 e. The van der Waals surface area contributed by atoms with Gasteiger partial charge in [-0.1, -0.05) is 81.4 Å². The van der Waals surface area contributed by atoms with Gasteiger partial charge in [0.1, 0.15) is 6.61 Å². The molecule has 1 saturated heterocycles. The summed E-state index contributed by atoms with van der Waals surface area (Å²) < 4.78 is 11.8. The number of imide groups is 1. The molecule has 1 aliphatic rings. The Morgan fingerprint density at radius 3 is 2.24 bits per heavy atom. The fraction of sp³-hybridized carbons (Fsp3) is 0.483. The van der Waals surface area contributed by atoms with Crippen LogP contribution in [0, 0.1) is 0 Å². The lowest BCUT2D eigenvalue weighted by Gasteiger charge is -2.39. The van der Waals surface area contributed by atoms with E-state index in [-0.39, 0.29) is 48.4 Å². The smallest absolute Gasteiger partial charge is 0.416 e. The molecule has 0 spiro atoms. The Kier molecular flexibility index (Phi) is 9.31. The van der Waals surface area contributed by atoms with Crippen LogP contribution in [0.3, 0.4) is 0 Å². The van der Waals surface area contributed by atoms with Crippen LogP contribution >= 0.6 is 0 Å². The average Bonchev–Trinajstić information content (AvgIpc) is 3.19. The van der Waals surface area contributed by atoms with Gasteiger partial charge in [-0.15, -0.1) is 0 Å². The van der Waals surface area contributed by atoms with Gasteiger partial charge in [0.2, 0.25) is 11.8 Å². The van der Waals surface area contributed by atoms with E-state index in [0.29, 0.717) is 6.42 Å². The number of carbonyl (C=O) groups excluding carboxylic acids is 3. The maximum Gasteiger partial charge on any atom is 0.416 e. The molecule has 200 valence electrons. The van der Waals surface area contributed by atoms with E-state index in [0.717, 1.165) is 11.1 Å². The summed E-state index contributed by atoms with van der Waals surface area (Å²) in [7, 11) is -2.31. The van der Waals surface area contributed by atoms with Crippen LogP contribution in [0.2, 0.25) is 18.1 Å².